The molecule has 11 heteroatoms. The molecule has 1 fully saturated rings. The van der Waals surface area contributed by atoms with Crippen molar-refractivity contribution in [2.45, 2.75) is 39.3 Å². The van der Waals surface area contributed by atoms with E-state index in [1.54, 1.807) is 25.3 Å². The maximum Gasteiger partial charge on any atom is 0.414 e. The summed E-state index contributed by atoms with van der Waals surface area (Å²) in [5.41, 5.74) is 7.01. The summed E-state index contributed by atoms with van der Waals surface area (Å²) in [6.07, 6.45) is 2.61. The number of hydrogen-bond acceptors (Lipinski definition) is 10. The number of pyridine rings is 2. The zero-order valence-electron chi connectivity index (χ0n) is 17.5. The summed E-state index contributed by atoms with van der Waals surface area (Å²) < 4.78 is 16.4. The number of hydrogen-bond donors (Lipinski definition) is 2. The van der Waals surface area contributed by atoms with Gasteiger partial charge in [-0.15, -0.1) is 0 Å². The van der Waals surface area contributed by atoms with Crippen LogP contribution in [0.5, 0.6) is 5.88 Å². The minimum absolute atomic E-state index is 0.00800. The van der Waals surface area contributed by atoms with Crippen LogP contribution in [-0.2, 0) is 16.0 Å². The van der Waals surface area contributed by atoms with Gasteiger partial charge in [-0.05, 0) is 38.3 Å². The Kier molecular flexibility index (Phi) is 7.45. The summed E-state index contributed by atoms with van der Waals surface area (Å²) in [5, 5.41) is 21.1. The fraction of sp³-hybridized carbons (Fsp3) is 0.450. The third-order valence-electron chi connectivity index (χ3n) is 4.70. The molecular formula is C20H26N5O6-. The zero-order valence-corrected chi connectivity index (χ0v) is 17.5. The van der Waals surface area contributed by atoms with Gasteiger partial charge in [0.1, 0.15) is 12.3 Å². The van der Waals surface area contributed by atoms with Crippen molar-refractivity contribution in [1.82, 2.24) is 9.97 Å². The quantitative estimate of drug-likeness (QED) is 0.597. The molecule has 2 aromatic rings. The van der Waals surface area contributed by atoms with Gasteiger partial charge in [0.2, 0.25) is 5.88 Å². The second kappa shape index (κ2) is 10.2. The van der Waals surface area contributed by atoms with Crippen LogP contribution in [0, 0.1) is 12.1 Å². The molecule has 31 heavy (non-hydrogen) atoms. The summed E-state index contributed by atoms with van der Waals surface area (Å²) in [5.74, 6) is -0.210. The minimum Gasteiger partial charge on any atom is -0.733 e. The molecular weight excluding hydrogens is 406 g/mol. The number of aryl methyl sites for hydroxylation is 1. The van der Waals surface area contributed by atoms with Crippen LogP contribution in [0.2, 0.25) is 0 Å². The predicted molar refractivity (Wildman–Crippen MR) is 113 cm³/mol. The van der Waals surface area contributed by atoms with E-state index in [9.17, 15) is 15.2 Å². The molecule has 168 valence electrons. The summed E-state index contributed by atoms with van der Waals surface area (Å²) in [6, 6.07) is 4.95. The lowest BCUT2D eigenvalue weighted by molar-refractivity contribution is 0.0664. The maximum absolute atomic E-state index is 12.7. The van der Waals surface area contributed by atoms with Crippen molar-refractivity contribution in [3.63, 3.8) is 0 Å². The smallest absolute Gasteiger partial charge is 0.414 e. The van der Waals surface area contributed by atoms with Crippen LogP contribution in [0.1, 0.15) is 31.0 Å². The van der Waals surface area contributed by atoms with E-state index in [1.165, 1.54) is 11.0 Å². The molecule has 1 aliphatic heterocycles. The van der Waals surface area contributed by atoms with Gasteiger partial charge in [-0.25, -0.2) is 4.79 Å². The number of carbonyl (C=O) groups is 1. The van der Waals surface area contributed by atoms with E-state index in [2.05, 4.69) is 9.97 Å². The Morgan fingerprint density at radius 1 is 1.45 bits per heavy atom. The molecule has 1 saturated heterocycles. The van der Waals surface area contributed by atoms with E-state index < -0.39 is 17.0 Å². The second-order valence-corrected chi connectivity index (χ2v) is 7.03. The number of amides is 1. The Morgan fingerprint density at radius 2 is 2.26 bits per heavy atom. The lowest BCUT2D eigenvalue weighted by atomic mass is 10.2. The molecule has 3 heterocycles. The third kappa shape index (κ3) is 5.72. The van der Waals surface area contributed by atoms with Crippen LogP contribution in [0.25, 0.3) is 0 Å². The van der Waals surface area contributed by atoms with Crippen LogP contribution in [0.15, 0.2) is 24.4 Å². The number of aromatic nitrogens is 2. The first-order chi connectivity index (χ1) is 14.9. The lowest BCUT2D eigenvalue weighted by Gasteiger charge is -2.31. The average Bonchev–Trinajstić information content (AvgIpc) is 3.25. The summed E-state index contributed by atoms with van der Waals surface area (Å²) >= 11 is 0. The molecule has 0 radical (unpaired) electrons. The van der Waals surface area contributed by atoms with Crippen molar-refractivity contribution in [1.29, 1.82) is 0 Å². The van der Waals surface area contributed by atoms with Crippen LogP contribution >= 0.6 is 0 Å². The number of anilines is 3. The molecule has 1 amide bonds. The van der Waals surface area contributed by atoms with Gasteiger partial charge in [0.15, 0.2) is 5.82 Å². The van der Waals surface area contributed by atoms with E-state index in [4.69, 9.17) is 19.9 Å². The average molecular weight is 432 g/mol. The zero-order chi connectivity index (χ0) is 22.4. The van der Waals surface area contributed by atoms with Crippen LogP contribution in [0.4, 0.5) is 22.0 Å². The number of rotatable bonds is 8. The van der Waals surface area contributed by atoms with Crippen molar-refractivity contribution in [2.24, 2.45) is 0 Å². The Hall–Kier alpha value is -3.15. The van der Waals surface area contributed by atoms with Gasteiger partial charge in [-0.2, -0.15) is 4.98 Å². The minimum atomic E-state index is -0.734. The van der Waals surface area contributed by atoms with Crippen LogP contribution < -0.4 is 20.6 Å². The van der Waals surface area contributed by atoms with Crippen LogP contribution in [0.3, 0.4) is 0 Å². The van der Waals surface area contributed by atoms with Gasteiger partial charge in [0.25, 0.3) is 0 Å². The van der Waals surface area contributed by atoms with Crippen molar-refractivity contribution in [3.8, 4) is 5.88 Å². The van der Waals surface area contributed by atoms with Crippen molar-refractivity contribution < 1.29 is 24.2 Å². The van der Waals surface area contributed by atoms with Gasteiger partial charge in [-0.1, -0.05) is 6.07 Å². The Morgan fingerprint density at radius 3 is 2.87 bits per heavy atom. The lowest BCUT2D eigenvalue weighted by Crippen LogP contribution is -2.33. The highest BCUT2D eigenvalue weighted by molar-refractivity contribution is 5.95. The largest absolute Gasteiger partial charge is 0.733 e. The van der Waals surface area contributed by atoms with E-state index >= 15 is 0 Å². The molecule has 1 aliphatic rings. The summed E-state index contributed by atoms with van der Waals surface area (Å²) in [6.45, 7) is 4.54. The molecule has 0 aromatic carbocycles. The topological polar surface area (TPSA) is 146 Å². The molecule has 0 unspecified atom stereocenters. The normalized spacial score (nSPS) is 15.5. The maximum atomic E-state index is 12.7. The number of nitrogens with two attached hydrogens (primary N) is 1. The molecule has 3 N–H and O–H groups in total. The highest BCUT2D eigenvalue weighted by Crippen LogP contribution is 2.37. The molecule has 0 spiro atoms. The fourth-order valence-electron chi connectivity index (χ4n) is 3.17. The summed E-state index contributed by atoms with van der Waals surface area (Å²) in [4.78, 5) is 22.2. The van der Waals surface area contributed by atoms with Gasteiger partial charge in [-0.3, -0.25) is 15.1 Å². The Balaban J connectivity index is 1.96. The first-order valence-electron chi connectivity index (χ1n) is 9.96. The SMILES string of the molecule is CCOC(=O)N(Cc1ccc(C)nc1)c1cc(OC[C@H]2CCCO2)nc(N)c1N([O-])O. The van der Waals surface area contributed by atoms with E-state index in [1.807, 2.05) is 6.92 Å². The highest BCUT2D eigenvalue weighted by Gasteiger charge is 2.25. The van der Waals surface area contributed by atoms with Crippen LogP contribution in [-0.4, -0.2) is 47.2 Å². The molecule has 0 aliphatic carbocycles. The third-order valence-corrected chi connectivity index (χ3v) is 4.70. The highest BCUT2D eigenvalue weighted by atomic mass is 16.8. The molecule has 3 rings (SSSR count). The molecule has 11 nitrogen and oxygen atoms in total. The molecule has 2 aromatic heterocycles. The van der Waals surface area contributed by atoms with Gasteiger partial charge in [0, 0.05) is 24.6 Å². The standard InChI is InChI=1S/C20H26N5O6/c1-3-29-20(26)24(11-14-7-6-13(2)22-10-14)16-9-17(23-19(21)18(16)25(27)28)31-12-15-5-4-8-30-15/h6-7,9-10,15,27H,3-5,8,11-12H2,1-2H3,(H2,21,23)/q-1/t15-/m1/s1. The molecule has 0 saturated carbocycles. The monoisotopic (exact) mass is 432 g/mol. The van der Waals surface area contributed by atoms with E-state index in [-0.39, 0.29) is 43.2 Å². The first kappa shape index (κ1) is 22.5. The van der Waals surface area contributed by atoms with Crippen molar-refractivity contribution in [2.75, 3.05) is 35.7 Å². The van der Waals surface area contributed by atoms with Gasteiger partial charge in [0.05, 0.1) is 24.9 Å². The summed E-state index contributed by atoms with van der Waals surface area (Å²) in [7, 11) is 0. The molecule has 0 bridgehead atoms. The number of carbonyl (C=O) groups excluding carboxylic acids is 1. The molecule has 1 atom stereocenters. The fourth-order valence-corrected chi connectivity index (χ4v) is 3.17. The number of ether oxygens (including phenoxy) is 3. The van der Waals surface area contributed by atoms with E-state index in [0.717, 1.165) is 18.5 Å². The number of nitrogen functional groups attached to an aromatic ring is 1. The van der Waals surface area contributed by atoms with Crippen molar-refractivity contribution in [3.05, 3.63) is 40.9 Å². The van der Waals surface area contributed by atoms with Gasteiger partial charge >= 0.3 is 6.09 Å². The van der Waals surface area contributed by atoms with E-state index in [0.29, 0.717) is 12.2 Å². The first-order valence-corrected chi connectivity index (χ1v) is 9.96. The Labute approximate surface area is 179 Å². The number of nitrogens with zero attached hydrogens (tertiary/aromatic N) is 4. The predicted octanol–water partition coefficient (Wildman–Crippen LogP) is 2.78. The second-order valence-electron chi connectivity index (χ2n) is 7.03. The van der Waals surface area contributed by atoms with Gasteiger partial charge < -0.3 is 30.4 Å². The Bertz CT molecular complexity index is 886. The van der Waals surface area contributed by atoms with Crippen molar-refractivity contribution >= 4 is 23.3 Å².